The molecular weight excluding hydrogens is 183 g/mol. The summed E-state index contributed by atoms with van der Waals surface area (Å²) in [6, 6.07) is 5.70. The number of nitrogens with two attached hydrogens (primary N) is 2. The van der Waals surface area contributed by atoms with E-state index in [0.717, 1.165) is 0 Å². The summed E-state index contributed by atoms with van der Waals surface area (Å²) in [4.78, 5) is 0.0756. The molecule has 0 saturated heterocycles. The molecule has 0 spiro atoms. The van der Waals surface area contributed by atoms with Crippen LogP contribution in [-0.2, 0) is 10.0 Å². The maximum Gasteiger partial charge on any atom is 0.238 e. The van der Waals surface area contributed by atoms with Gasteiger partial charge >= 0.3 is 0 Å². The summed E-state index contributed by atoms with van der Waals surface area (Å²) >= 11 is 0. The molecule has 0 fully saturated rings. The van der Waals surface area contributed by atoms with Crippen molar-refractivity contribution in [3.8, 4) is 0 Å². The van der Waals surface area contributed by atoms with Crippen molar-refractivity contribution in [2.45, 2.75) is 4.90 Å². The molecule has 0 aliphatic heterocycles. The van der Waals surface area contributed by atoms with Gasteiger partial charge in [-0.15, -0.1) is 0 Å². The Balaban J connectivity index is 0.00000121. The van der Waals surface area contributed by atoms with E-state index in [1.54, 1.807) is 0 Å². The number of anilines is 1. The van der Waals surface area contributed by atoms with E-state index in [9.17, 15) is 8.42 Å². The van der Waals surface area contributed by atoms with Crippen molar-refractivity contribution in [3.05, 3.63) is 24.3 Å². The second kappa shape index (κ2) is 3.51. The quantitative estimate of drug-likeness (QED) is 0.617. The standard InChI is InChI=1S/C6H8N2O2S.FH/c7-5-1-3-6(4-2-5)11(8,9)10;/h1-4H,7H2,(H2,8,9,10);1H. The highest BCUT2D eigenvalue weighted by Crippen LogP contribution is 2.08. The Morgan fingerprint density at radius 1 is 1.08 bits per heavy atom. The summed E-state index contributed by atoms with van der Waals surface area (Å²) in [5.41, 5.74) is 5.85. The van der Waals surface area contributed by atoms with Crippen molar-refractivity contribution in [2.75, 3.05) is 5.73 Å². The van der Waals surface area contributed by atoms with Crippen LogP contribution in [0.2, 0.25) is 0 Å². The lowest BCUT2D eigenvalue weighted by atomic mass is 10.3. The summed E-state index contributed by atoms with van der Waals surface area (Å²) in [5, 5.41) is 4.84. The van der Waals surface area contributed by atoms with Crippen LogP contribution in [-0.4, -0.2) is 8.42 Å². The van der Waals surface area contributed by atoms with E-state index in [4.69, 9.17) is 10.9 Å². The molecule has 0 radical (unpaired) electrons. The molecule has 0 aliphatic carbocycles. The molecule has 68 valence electrons. The summed E-state index contributed by atoms with van der Waals surface area (Å²) in [5.74, 6) is 0. The first-order chi connectivity index (χ1) is 5.00. The van der Waals surface area contributed by atoms with Crippen molar-refractivity contribution in [2.24, 2.45) is 5.14 Å². The Morgan fingerprint density at radius 2 is 1.50 bits per heavy atom. The van der Waals surface area contributed by atoms with E-state index in [0.29, 0.717) is 5.69 Å². The predicted octanol–water partition coefficient (Wildman–Crippen LogP) is 0.0687. The average Bonchev–Trinajstić information content (AvgIpc) is 1.86. The van der Waals surface area contributed by atoms with Crippen molar-refractivity contribution in [1.82, 2.24) is 0 Å². The number of sulfonamides is 1. The zero-order chi connectivity index (χ0) is 8.48. The van der Waals surface area contributed by atoms with Crippen LogP contribution in [0.1, 0.15) is 0 Å². The molecule has 1 aromatic rings. The third kappa shape index (κ3) is 2.48. The van der Waals surface area contributed by atoms with Crippen LogP contribution >= 0.6 is 0 Å². The molecule has 0 aliphatic rings. The Labute approximate surface area is 69.6 Å². The molecule has 4 nitrogen and oxygen atoms in total. The summed E-state index contributed by atoms with van der Waals surface area (Å²) in [7, 11) is -3.58. The molecular formula is C6H9FN2O2S. The highest BCUT2D eigenvalue weighted by molar-refractivity contribution is 7.89. The first-order valence-corrected chi connectivity index (χ1v) is 4.43. The van der Waals surface area contributed by atoms with Gasteiger partial charge in [0.05, 0.1) is 4.90 Å². The Kier molecular flexibility index (Phi) is 3.17. The van der Waals surface area contributed by atoms with E-state index < -0.39 is 10.0 Å². The lowest BCUT2D eigenvalue weighted by molar-refractivity contribution is 0.598. The number of hydrogen-bond donors (Lipinski definition) is 2. The zero-order valence-electron chi connectivity index (χ0n) is 6.10. The fourth-order valence-corrected chi connectivity index (χ4v) is 1.17. The molecule has 12 heavy (non-hydrogen) atoms. The highest BCUT2D eigenvalue weighted by Gasteiger charge is 2.04. The van der Waals surface area contributed by atoms with Gasteiger partial charge in [-0.05, 0) is 24.3 Å². The molecule has 0 aromatic heterocycles. The van der Waals surface area contributed by atoms with Gasteiger partial charge in [-0.25, -0.2) is 13.6 Å². The van der Waals surface area contributed by atoms with E-state index in [2.05, 4.69) is 0 Å². The first kappa shape index (κ1) is 10.9. The topological polar surface area (TPSA) is 86.2 Å². The molecule has 6 heteroatoms. The minimum atomic E-state index is -3.58. The Bertz CT molecular complexity index is 346. The van der Waals surface area contributed by atoms with Crippen LogP contribution in [0.3, 0.4) is 0 Å². The van der Waals surface area contributed by atoms with Crippen molar-refractivity contribution in [3.63, 3.8) is 0 Å². The lowest BCUT2D eigenvalue weighted by Gasteiger charge is -1.96. The van der Waals surface area contributed by atoms with Gasteiger partial charge in [0.1, 0.15) is 0 Å². The Hall–Kier alpha value is -1.14. The number of nitrogen functional groups attached to an aromatic ring is 1. The maximum absolute atomic E-state index is 10.7. The smallest absolute Gasteiger partial charge is 0.238 e. The number of primary sulfonamides is 1. The predicted molar refractivity (Wildman–Crippen MR) is 44.7 cm³/mol. The molecule has 4 N–H and O–H groups in total. The molecule has 0 saturated carbocycles. The minimum Gasteiger partial charge on any atom is -0.399 e. The second-order valence-electron chi connectivity index (χ2n) is 2.11. The lowest BCUT2D eigenvalue weighted by Crippen LogP contribution is -2.11. The van der Waals surface area contributed by atoms with Crippen molar-refractivity contribution < 1.29 is 13.1 Å². The number of halogens is 1. The van der Waals surface area contributed by atoms with Gasteiger partial charge in [-0.2, -0.15) is 0 Å². The summed E-state index contributed by atoms with van der Waals surface area (Å²) < 4.78 is 21.4. The van der Waals surface area contributed by atoms with Gasteiger partial charge in [-0.3, -0.25) is 4.70 Å². The molecule has 0 bridgehead atoms. The number of hydrogen-bond acceptors (Lipinski definition) is 3. The van der Waals surface area contributed by atoms with Crippen LogP contribution in [0, 0.1) is 0 Å². The molecule has 0 atom stereocenters. The molecule has 0 amide bonds. The highest BCUT2D eigenvalue weighted by atomic mass is 32.2. The van der Waals surface area contributed by atoms with Crippen LogP contribution < -0.4 is 10.9 Å². The van der Waals surface area contributed by atoms with Crippen LogP contribution in [0.15, 0.2) is 29.2 Å². The molecule has 1 aromatic carbocycles. The third-order valence-corrected chi connectivity index (χ3v) is 2.14. The fourth-order valence-electron chi connectivity index (χ4n) is 0.658. The van der Waals surface area contributed by atoms with Crippen LogP contribution in [0.5, 0.6) is 0 Å². The monoisotopic (exact) mass is 192 g/mol. The van der Waals surface area contributed by atoms with Gasteiger partial charge in [0.15, 0.2) is 0 Å². The van der Waals surface area contributed by atoms with Crippen LogP contribution in [0.4, 0.5) is 10.4 Å². The van der Waals surface area contributed by atoms with Crippen molar-refractivity contribution >= 4 is 15.7 Å². The van der Waals surface area contributed by atoms with Gasteiger partial charge in [0.2, 0.25) is 10.0 Å². The van der Waals surface area contributed by atoms with E-state index in [1.807, 2.05) is 0 Å². The van der Waals surface area contributed by atoms with Gasteiger partial charge in [0.25, 0.3) is 0 Å². The zero-order valence-corrected chi connectivity index (χ0v) is 6.91. The third-order valence-electron chi connectivity index (χ3n) is 1.21. The van der Waals surface area contributed by atoms with Crippen molar-refractivity contribution in [1.29, 1.82) is 0 Å². The first-order valence-electron chi connectivity index (χ1n) is 2.88. The van der Waals surface area contributed by atoms with E-state index >= 15 is 0 Å². The van der Waals surface area contributed by atoms with E-state index in [-0.39, 0.29) is 9.60 Å². The maximum atomic E-state index is 10.7. The SMILES string of the molecule is F.Nc1ccc(S(N)(=O)=O)cc1. The minimum absolute atomic E-state index is 0. The Morgan fingerprint density at radius 3 is 1.83 bits per heavy atom. The van der Waals surface area contributed by atoms with E-state index in [1.165, 1.54) is 24.3 Å². The van der Waals surface area contributed by atoms with Gasteiger partial charge < -0.3 is 5.73 Å². The fraction of sp³-hybridized carbons (Fsp3) is 0. The number of benzene rings is 1. The molecule has 0 heterocycles. The van der Waals surface area contributed by atoms with Gasteiger partial charge in [0, 0.05) is 5.69 Å². The summed E-state index contributed by atoms with van der Waals surface area (Å²) in [6.07, 6.45) is 0. The normalized spacial score (nSPS) is 10.4. The summed E-state index contributed by atoms with van der Waals surface area (Å²) in [6.45, 7) is 0. The number of rotatable bonds is 1. The molecule has 1 rings (SSSR count). The largest absolute Gasteiger partial charge is 0.399 e. The second-order valence-corrected chi connectivity index (χ2v) is 3.68. The average molecular weight is 192 g/mol. The molecule has 0 unspecified atom stereocenters. The van der Waals surface area contributed by atoms with Crippen LogP contribution in [0.25, 0.3) is 0 Å². The van der Waals surface area contributed by atoms with Gasteiger partial charge in [-0.1, -0.05) is 0 Å².